The quantitative estimate of drug-likeness (QED) is 0.346. The largest absolute Gasteiger partial charge is 0.490 e. The summed E-state index contributed by atoms with van der Waals surface area (Å²) in [6.07, 6.45) is 5.05. The van der Waals surface area contributed by atoms with Crippen molar-refractivity contribution in [3.8, 4) is 5.75 Å². The van der Waals surface area contributed by atoms with Gasteiger partial charge in [0.1, 0.15) is 5.75 Å². The maximum Gasteiger partial charge on any atom is 0.264 e. The van der Waals surface area contributed by atoms with E-state index in [9.17, 15) is 13.2 Å². The second-order valence-electron chi connectivity index (χ2n) is 11.1. The molecule has 2 N–H and O–H groups in total. The molecule has 0 saturated heterocycles. The average Bonchev–Trinajstić information content (AvgIpc) is 2.87. The molecule has 3 aromatic carbocycles. The predicted octanol–water partition coefficient (Wildman–Crippen LogP) is 6.65. The van der Waals surface area contributed by atoms with Crippen LogP contribution in [0.2, 0.25) is 0 Å². The summed E-state index contributed by atoms with van der Waals surface area (Å²) in [5.41, 5.74) is 2.11. The Morgan fingerprint density at radius 2 is 1.65 bits per heavy atom. The van der Waals surface area contributed by atoms with Crippen LogP contribution in [0.3, 0.4) is 0 Å². The standard InChI is InChI=1S/C30H38N2O4S/c1-5-29(33)32-37(34,35)28-8-6-7-25(19-28)31-20-21-9-10-23-18-27(14-11-22(23)17-21)36-26-15-12-24(13-16-26)30(2,3)4/h6-11,14,17-19,24,26,31H,5,12-13,15-16,20H2,1-4H3,(H,32,33). The first-order valence-electron chi connectivity index (χ1n) is 13.1. The third kappa shape index (κ3) is 7.04. The van der Waals surface area contributed by atoms with Gasteiger partial charge in [-0.3, -0.25) is 4.79 Å². The molecule has 3 aromatic rings. The van der Waals surface area contributed by atoms with Crippen LogP contribution in [0.25, 0.3) is 10.8 Å². The number of hydrogen-bond donors (Lipinski definition) is 2. The third-order valence-corrected chi connectivity index (χ3v) is 8.66. The first kappa shape index (κ1) is 27.0. The van der Waals surface area contributed by atoms with Gasteiger partial charge >= 0.3 is 0 Å². The number of carbonyl (C=O) groups is 1. The van der Waals surface area contributed by atoms with Gasteiger partial charge < -0.3 is 10.1 Å². The molecule has 0 atom stereocenters. The summed E-state index contributed by atoms with van der Waals surface area (Å²) in [6.45, 7) is 9.16. The summed E-state index contributed by atoms with van der Waals surface area (Å²) in [4.78, 5) is 11.6. The lowest BCUT2D eigenvalue weighted by atomic mass is 9.72. The summed E-state index contributed by atoms with van der Waals surface area (Å²) in [5.74, 6) is 1.16. The zero-order valence-corrected chi connectivity index (χ0v) is 23.0. The van der Waals surface area contributed by atoms with Gasteiger partial charge in [-0.2, -0.15) is 0 Å². The number of ether oxygens (including phenoxy) is 1. The van der Waals surface area contributed by atoms with Crippen LogP contribution in [-0.4, -0.2) is 20.4 Å². The highest BCUT2D eigenvalue weighted by Crippen LogP contribution is 2.39. The van der Waals surface area contributed by atoms with Gasteiger partial charge in [-0.1, -0.05) is 52.0 Å². The lowest BCUT2D eigenvalue weighted by molar-refractivity contribution is -0.119. The SMILES string of the molecule is CCC(=O)NS(=O)(=O)c1cccc(NCc2ccc3cc(OC4CCC(C(C)(C)C)CC4)ccc3c2)c1. The minimum absolute atomic E-state index is 0.0530. The first-order valence-corrected chi connectivity index (χ1v) is 14.6. The second kappa shape index (κ2) is 11.1. The van der Waals surface area contributed by atoms with Crippen LogP contribution in [0.4, 0.5) is 5.69 Å². The van der Waals surface area contributed by atoms with Gasteiger partial charge in [-0.15, -0.1) is 0 Å². The molecule has 0 heterocycles. The Morgan fingerprint density at radius 3 is 2.35 bits per heavy atom. The van der Waals surface area contributed by atoms with Gasteiger partial charge in [0.25, 0.3) is 10.0 Å². The van der Waals surface area contributed by atoms with Crippen LogP contribution in [-0.2, 0) is 21.4 Å². The van der Waals surface area contributed by atoms with E-state index in [4.69, 9.17) is 4.74 Å². The number of amides is 1. The molecule has 4 rings (SSSR count). The van der Waals surface area contributed by atoms with E-state index in [0.717, 1.165) is 40.8 Å². The topological polar surface area (TPSA) is 84.5 Å². The lowest BCUT2D eigenvalue weighted by Crippen LogP contribution is -2.30. The van der Waals surface area contributed by atoms with Gasteiger partial charge in [0.2, 0.25) is 5.91 Å². The molecule has 0 aromatic heterocycles. The van der Waals surface area contributed by atoms with Crippen molar-refractivity contribution in [3.63, 3.8) is 0 Å². The van der Waals surface area contributed by atoms with Gasteiger partial charge in [0, 0.05) is 18.7 Å². The van der Waals surface area contributed by atoms with Crippen molar-refractivity contribution < 1.29 is 17.9 Å². The minimum Gasteiger partial charge on any atom is -0.490 e. The van der Waals surface area contributed by atoms with Crippen molar-refractivity contribution in [3.05, 3.63) is 66.2 Å². The van der Waals surface area contributed by atoms with Crippen molar-refractivity contribution in [1.82, 2.24) is 4.72 Å². The zero-order chi connectivity index (χ0) is 26.6. The fourth-order valence-corrected chi connectivity index (χ4v) is 6.06. The monoisotopic (exact) mass is 522 g/mol. The van der Waals surface area contributed by atoms with Crippen molar-refractivity contribution in [2.75, 3.05) is 5.32 Å². The molecular weight excluding hydrogens is 484 g/mol. The Hall–Kier alpha value is -3.06. The number of nitrogens with one attached hydrogen (secondary N) is 2. The highest BCUT2D eigenvalue weighted by atomic mass is 32.2. The number of rotatable bonds is 8. The van der Waals surface area contributed by atoms with Crippen molar-refractivity contribution in [2.24, 2.45) is 11.3 Å². The summed E-state index contributed by atoms with van der Waals surface area (Å²) in [5, 5.41) is 5.54. The number of fused-ring (bicyclic) bond motifs is 1. The predicted molar refractivity (Wildman–Crippen MR) is 149 cm³/mol. The molecule has 1 fully saturated rings. The second-order valence-corrected chi connectivity index (χ2v) is 12.7. The fourth-order valence-electron chi connectivity index (χ4n) is 4.95. The third-order valence-electron chi connectivity index (χ3n) is 7.29. The Balaban J connectivity index is 1.37. The van der Waals surface area contributed by atoms with E-state index < -0.39 is 15.9 Å². The Morgan fingerprint density at radius 1 is 0.946 bits per heavy atom. The van der Waals surface area contributed by atoms with Gasteiger partial charge in [-0.25, -0.2) is 13.1 Å². The molecular formula is C30H38N2O4S. The van der Waals surface area contributed by atoms with Gasteiger partial charge in [-0.05, 0) is 89.8 Å². The minimum atomic E-state index is -3.88. The average molecular weight is 523 g/mol. The number of hydrogen-bond acceptors (Lipinski definition) is 5. The maximum absolute atomic E-state index is 12.4. The Kier molecular flexibility index (Phi) is 8.12. The normalized spacial score (nSPS) is 18.4. The molecule has 1 aliphatic carbocycles. The summed E-state index contributed by atoms with van der Waals surface area (Å²) in [7, 11) is -3.88. The number of benzene rings is 3. The van der Waals surface area contributed by atoms with E-state index in [0.29, 0.717) is 17.6 Å². The van der Waals surface area contributed by atoms with Crippen molar-refractivity contribution in [2.45, 2.75) is 77.3 Å². The molecule has 1 amide bonds. The molecule has 1 aliphatic rings. The van der Waals surface area contributed by atoms with E-state index in [-0.39, 0.29) is 17.4 Å². The van der Waals surface area contributed by atoms with E-state index in [1.54, 1.807) is 19.1 Å². The molecule has 0 spiro atoms. The summed E-state index contributed by atoms with van der Waals surface area (Å²) < 4.78 is 33.2. The Labute approximate surface area is 220 Å². The van der Waals surface area contributed by atoms with E-state index in [2.05, 4.69) is 61.1 Å². The van der Waals surface area contributed by atoms with Crippen LogP contribution >= 0.6 is 0 Å². The van der Waals surface area contributed by atoms with E-state index in [1.807, 2.05) is 6.07 Å². The number of sulfonamides is 1. The Bertz CT molecular complexity index is 1350. The zero-order valence-electron chi connectivity index (χ0n) is 22.2. The van der Waals surface area contributed by atoms with Crippen LogP contribution in [0, 0.1) is 11.3 Å². The summed E-state index contributed by atoms with van der Waals surface area (Å²) >= 11 is 0. The molecule has 0 radical (unpaired) electrons. The van der Waals surface area contributed by atoms with Crippen molar-refractivity contribution in [1.29, 1.82) is 0 Å². The number of anilines is 1. The molecule has 7 heteroatoms. The molecule has 0 unspecified atom stereocenters. The molecule has 0 aliphatic heterocycles. The smallest absolute Gasteiger partial charge is 0.264 e. The maximum atomic E-state index is 12.4. The molecule has 6 nitrogen and oxygen atoms in total. The lowest BCUT2D eigenvalue weighted by Gasteiger charge is -2.37. The highest BCUT2D eigenvalue weighted by Gasteiger charge is 2.30. The molecule has 1 saturated carbocycles. The van der Waals surface area contributed by atoms with Crippen LogP contribution < -0.4 is 14.8 Å². The fraction of sp³-hybridized carbons (Fsp3) is 0.433. The highest BCUT2D eigenvalue weighted by molar-refractivity contribution is 7.90. The first-order chi connectivity index (χ1) is 17.5. The van der Waals surface area contributed by atoms with Gasteiger partial charge in [0.05, 0.1) is 11.0 Å². The van der Waals surface area contributed by atoms with Crippen molar-refractivity contribution >= 4 is 32.4 Å². The molecule has 198 valence electrons. The molecule has 37 heavy (non-hydrogen) atoms. The van der Waals surface area contributed by atoms with E-state index >= 15 is 0 Å². The van der Waals surface area contributed by atoms with Crippen LogP contribution in [0.15, 0.2) is 65.6 Å². The van der Waals surface area contributed by atoms with Gasteiger partial charge in [0.15, 0.2) is 0 Å². The summed E-state index contributed by atoms with van der Waals surface area (Å²) in [6, 6.07) is 19.0. The van der Waals surface area contributed by atoms with Crippen LogP contribution in [0.5, 0.6) is 5.75 Å². The van der Waals surface area contributed by atoms with Crippen LogP contribution in [0.1, 0.15) is 65.4 Å². The van der Waals surface area contributed by atoms with E-state index in [1.165, 1.54) is 25.0 Å². The number of carbonyl (C=O) groups excluding carboxylic acids is 1. The molecule has 0 bridgehead atoms.